The van der Waals surface area contributed by atoms with Crippen LogP contribution in [0.25, 0.3) is 0 Å². The Labute approximate surface area is 129 Å². The third-order valence-electron chi connectivity index (χ3n) is 2.60. The molecule has 0 aliphatic carbocycles. The van der Waals surface area contributed by atoms with E-state index in [0.717, 1.165) is 5.56 Å². The SMILES string of the molecule is C[C@@H](NO)c1ccc([N+](=O)[O-])cc1.O=C(O)[C@@H](O)[C@H](O)C(=O)O. The van der Waals surface area contributed by atoms with Gasteiger partial charge in [0.2, 0.25) is 0 Å². The second kappa shape index (κ2) is 9.42. The van der Waals surface area contributed by atoms with Gasteiger partial charge in [-0.25, -0.2) is 9.59 Å². The first-order valence-corrected chi connectivity index (χ1v) is 6.07. The van der Waals surface area contributed by atoms with Crippen molar-refractivity contribution in [2.75, 3.05) is 0 Å². The van der Waals surface area contributed by atoms with Crippen LogP contribution in [0.15, 0.2) is 24.3 Å². The number of nitro benzene ring substituents is 1. The van der Waals surface area contributed by atoms with Gasteiger partial charge < -0.3 is 25.6 Å². The Bertz CT molecular complexity index is 528. The zero-order chi connectivity index (χ0) is 18.2. The number of hydrogen-bond acceptors (Lipinski definition) is 8. The van der Waals surface area contributed by atoms with E-state index in [1.165, 1.54) is 12.1 Å². The number of benzene rings is 1. The fourth-order valence-electron chi connectivity index (χ4n) is 1.23. The van der Waals surface area contributed by atoms with Gasteiger partial charge in [0.05, 0.1) is 11.0 Å². The number of nitrogens with zero attached hydrogens (tertiary/aromatic N) is 1. The average Bonchev–Trinajstić information content (AvgIpc) is 2.53. The van der Waals surface area contributed by atoms with Crippen molar-refractivity contribution in [3.05, 3.63) is 39.9 Å². The minimum Gasteiger partial charge on any atom is -0.479 e. The number of nitrogens with one attached hydrogen (secondary N) is 1. The van der Waals surface area contributed by atoms with Crippen LogP contribution < -0.4 is 5.48 Å². The lowest BCUT2D eigenvalue weighted by Gasteiger charge is -2.07. The highest BCUT2D eigenvalue weighted by molar-refractivity contribution is 5.83. The fraction of sp³-hybridized carbons (Fsp3) is 0.333. The van der Waals surface area contributed by atoms with Crippen LogP contribution in [-0.4, -0.2) is 54.7 Å². The minimum absolute atomic E-state index is 0.0499. The van der Waals surface area contributed by atoms with Crippen LogP contribution in [0.1, 0.15) is 18.5 Å². The van der Waals surface area contributed by atoms with E-state index in [9.17, 15) is 19.7 Å². The van der Waals surface area contributed by atoms with Crippen LogP contribution in [0, 0.1) is 10.1 Å². The van der Waals surface area contributed by atoms with Crippen LogP contribution in [-0.2, 0) is 9.59 Å². The Kier molecular flexibility index (Phi) is 8.36. The molecule has 1 aromatic rings. The van der Waals surface area contributed by atoms with Crippen molar-refractivity contribution in [1.82, 2.24) is 5.48 Å². The molecule has 0 saturated carbocycles. The highest BCUT2D eigenvalue weighted by Gasteiger charge is 2.29. The highest BCUT2D eigenvalue weighted by atomic mass is 16.6. The Hall–Kier alpha value is -2.60. The number of carbonyl (C=O) groups is 2. The molecule has 0 aromatic heterocycles. The highest BCUT2D eigenvalue weighted by Crippen LogP contribution is 2.16. The van der Waals surface area contributed by atoms with Gasteiger partial charge in [0, 0.05) is 12.1 Å². The van der Waals surface area contributed by atoms with E-state index in [1.54, 1.807) is 19.1 Å². The van der Waals surface area contributed by atoms with Gasteiger partial charge in [0.15, 0.2) is 12.2 Å². The van der Waals surface area contributed by atoms with Crippen LogP contribution in [0.3, 0.4) is 0 Å². The Morgan fingerprint density at radius 3 is 1.74 bits per heavy atom. The van der Waals surface area contributed by atoms with Gasteiger partial charge >= 0.3 is 11.9 Å². The van der Waals surface area contributed by atoms with E-state index >= 15 is 0 Å². The van der Waals surface area contributed by atoms with E-state index in [1.807, 2.05) is 0 Å². The van der Waals surface area contributed by atoms with E-state index < -0.39 is 29.1 Å². The van der Waals surface area contributed by atoms with Gasteiger partial charge in [0.1, 0.15) is 0 Å². The molecular formula is C12H16N2O9. The van der Waals surface area contributed by atoms with Crippen molar-refractivity contribution in [3.8, 4) is 0 Å². The number of rotatable bonds is 6. The molecule has 23 heavy (non-hydrogen) atoms. The number of aliphatic hydroxyl groups is 2. The first-order chi connectivity index (χ1) is 10.6. The van der Waals surface area contributed by atoms with Crippen LogP contribution >= 0.6 is 0 Å². The molecule has 1 aromatic carbocycles. The van der Waals surface area contributed by atoms with Crippen molar-refractivity contribution >= 4 is 17.6 Å². The summed E-state index contributed by atoms with van der Waals surface area (Å²) in [6.45, 7) is 1.75. The largest absolute Gasteiger partial charge is 0.479 e. The number of hydrogen-bond donors (Lipinski definition) is 6. The van der Waals surface area contributed by atoms with E-state index in [-0.39, 0.29) is 11.7 Å². The van der Waals surface area contributed by atoms with Crippen molar-refractivity contribution in [2.45, 2.75) is 25.2 Å². The lowest BCUT2D eigenvalue weighted by Crippen LogP contribution is -2.39. The molecule has 0 heterocycles. The number of carboxylic acid groups (broad SMARTS) is 2. The van der Waals surface area contributed by atoms with Crippen LogP contribution in [0.2, 0.25) is 0 Å². The van der Waals surface area contributed by atoms with Gasteiger partial charge in [-0.3, -0.25) is 10.1 Å². The second-order valence-corrected chi connectivity index (χ2v) is 4.27. The molecule has 11 nitrogen and oxygen atoms in total. The second-order valence-electron chi connectivity index (χ2n) is 4.27. The molecule has 0 saturated heterocycles. The average molecular weight is 332 g/mol. The zero-order valence-corrected chi connectivity index (χ0v) is 11.9. The number of aliphatic hydroxyl groups excluding tert-OH is 2. The molecule has 0 amide bonds. The molecule has 0 unspecified atom stereocenters. The molecule has 6 N–H and O–H groups in total. The molecule has 0 aliphatic rings. The summed E-state index contributed by atoms with van der Waals surface area (Å²) in [5.74, 6) is -3.54. The van der Waals surface area contributed by atoms with Gasteiger partial charge in [0.25, 0.3) is 5.69 Å². The molecule has 0 radical (unpaired) electrons. The van der Waals surface area contributed by atoms with Crippen LogP contribution in [0.5, 0.6) is 0 Å². The van der Waals surface area contributed by atoms with Crippen molar-refractivity contribution in [3.63, 3.8) is 0 Å². The fourth-order valence-corrected chi connectivity index (χ4v) is 1.23. The summed E-state index contributed by atoms with van der Waals surface area (Å²) in [6.07, 6.45) is -4.53. The predicted molar refractivity (Wildman–Crippen MR) is 73.7 cm³/mol. The maximum Gasteiger partial charge on any atom is 0.335 e. The summed E-state index contributed by atoms with van der Waals surface area (Å²) in [6, 6.07) is 5.80. The maximum atomic E-state index is 10.3. The van der Waals surface area contributed by atoms with E-state index in [4.69, 9.17) is 25.6 Å². The van der Waals surface area contributed by atoms with Gasteiger partial charge in [-0.15, -0.1) is 0 Å². The summed E-state index contributed by atoms with van der Waals surface area (Å²) in [7, 11) is 0. The normalized spacial score (nSPS) is 13.9. The topological polar surface area (TPSA) is 190 Å². The van der Waals surface area contributed by atoms with Crippen molar-refractivity contribution in [1.29, 1.82) is 0 Å². The lowest BCUT2D eigenvalue weighted by molar-refractivity contribution is -0.384. The third kappa shape index (κ3) is 6.80. The monoisotopic (exact) mass is 332 g/mol. The molecule has 128 valence electrons. The molecule has 0 spiro atoms. The Balaban J connectivity index is 0.000000438. The number of nitro groups is 1. The number of aliphatic carboxylic acids is 2. The molecule has 0 fully saturated rings. The summed E-state index contributed by atoms with van der Waals surface area (Å²) >= 11 is 0. The van der Waals surface area contributed by atoms with Gasteiger partial charge in [-0.05, 0) is 12.5 Å². The molecule has 3 atom stereocenters. The molecular weight excluding hydrogens is 316 g/mol. The first kappa shape index (κ1) is 20.4. The Morgan fingerprint density at radius 2 is 1.48 bits per heavy atom. The number of hydroxylamine groups is 1. The first-order valence-electron chi connectivity index (χ1n) is 6.07. The van der Waals surface area contributed by atoms with Crippen LogP contribution in [0.4, 0.5) is 5.69 Å². The van der Waals surface area contributed by atoms with Crippen molar-refractivity contribution < 1.29 is 40.1 Å². The quantitative estimate of drug-likeness (QED) is 0.292. The maximum absolute atomic E-state index is 10.3. The number of non-ortho nitro benzene ring substituents is 1. The summed E-state index contributed by atoms with van der Waals surface area (Å²) in [5.41, 5.74) is 2.91. The van der Waals surface area contributed by atoms with E-state index in [0.29, 0.717) is 0 Å². The smallest absolute Gasteiger partial charge is 0.335 e. The summed E-state index contributed by atoms with van der Waals surface area (Å²) < 4.78 is 0. The molecule has 11 heteroatoms. The summed E-state index contributed by atoms with van der Waals surface area (Å²) in [5, 5.41) is 51.4. The Morgan fingerprint density at radius 1 is 1.09 bits per heavy atom. The van der Waals surface area contributed by atoms with Crippen molar-refractivity contribution in [2.24, 2.45) is 0 Å². The summed E-state index contributed by atoms with van der Waals surface area (Å²) in [4.78, 5) is 29.4. The minimum atomic E-state index is -2.27. The standard InChI is InChI=1S/C8H10N2O3.C4H6O6/c1-6(9-11)7-2-4-8(5-3-7)10(12)13;5-1(3(7)8)2(6)4(9)10/h2-6,9,11H,1H3;1-2,5-6H,(H,7,8)(H,9,10)/t6-;1-,2-/m10/s1. The van der Waals surface area contributed by atoms with E-state index in [2.05, 4.69) is 5.48 Å². The lowest BCUT2D eigenvalue weighted by atomic mass is 10.1. The third-order valence-corrected chi connectivity index (χ3v) is 2.60. The number of carboxylic acids is 2. The molecule has 1 rings (SSSR count). The molecule has 0 aliphatic heterocycles. The predicted octanol–water partition coefficient (Wildman–Crippen LogP) is -0.488. The zero-order valence-electron chi connectivity index (χ0n) is 11.9. The van der Waals surface area contributed by atoms with Gasteiger partial charge in [-0.1, -0.05) is 12.1 Å². The van der Waals surface area contributed by atoms with Gasteiger partial charge in [-0.2, -0.15) is 5.48 Å². The molecule has 0 bridgehead atoms.